The summed E-state index contributed by atoms with van der Waals surface area (Å²) in [5.74, 6) is 0.910. The maximum absolute atomic E-state index is 12.2. The fourth-order valence-electron chi connectivity index (χ4n) is 2.10. The van der Waals surface area contributed by atoms with Crippen molar-refractivity contribution in [3.05, 3.63) is 54.1 Å². The lowest BCUT2D eigenvalue weighted by molar-refractivity contribution is -0.122. The monoisotopic (exact) mass is 342 g/mol. The van der Waals surface area contributed by atoms with Crippen molar-refractivity contribution in [1.29, 1.82) is 0 Å². The molecule has 0 heterocycles. The summed E-state index contributed by atoms with van der Waals surface area (Å²) in [5, 5.41) is 5.46. The quantitative estimate of drug-likeness (QED) is 0.773. The van der Waals surface area contributed by atoms with Crippen LogP contribution in [0, 0.1) is 0 Å². The van der Waals surface area contributed by atoms with Crippen LogP contribution < -0.4 is 20.1 Å². The number of likely N-dealkylation sites (N-methyl/N-ethyl adjacent to an activating group) is 1. The van der Waals surface area contributed by atoms with Crippen molar-refractivity contribution in [3.63, 3.8) is 0 Å². The first kappa shape index (κ1) is 18.3. The summed E-state index contributed by atoms with van der Waals surface area (Å²) >= 11 is 0. The van der Waals surface area contributed by atoms with Crippen molar-refractivity contribution in [3.8, 4) is 11.5 Å². The summed E-state index contributed by atoms with van der Waals surface area (Å²) < 4.78 is 10.7. The van der Waals surface area contributed by atoms with Crippen LogP contribution in [0.4, 0.5) is 5.69 Å². The molecule has 0 atom stereocenters. The van der Waals surface area contributed by atoms with Crippen molar-refractivity contribution in [2.24, 2.45) is 0 Å². The molecular formula is C19H22N2O4. The van der Waals surface area contributed by atoms with Crippen LogP contribution in [0.5, 0.6) is 11.5 Å². The Morgan fingerprint density at radius 1 is 0.880 bits per heavy atom. The van der Waals surface area contributed by atoms with Crippen molar-refractivity contribution in [2.45, 2.75) is 13.8 Å². The predicted octanol–water partition coefficient (Wildman–Crippen LogP) is 2.85. The zero-order valence-electron chi connectivity index (χ0n) is 14.4. The van der Waals surface area contributed by atoms with Gasteiger partial charge in [-0.2, -0.15) is 0 Å². The lowest BCUT2D eigenvalue weighted by Crippen LogP contribution is -2.28. The molecule has 2 aromatic rings. The van der Waals surface area contributed by atoms with Gasteiger partial charge in [0.25, 0.3) is 11.8 Å². The lowest BCUT2D eigenvalue weighted by Gasteiger charge is -2.09. The molecule has 0 aliphatic heterocycles. The number of hydrogen-bond acceptors (Lipinski definition) is 4. The van der Waals surface area contributed by atoms with Gasteiger partial charge in [0.05, 0.1) is 6.61 Å². The van der Waals surface area contributed by atoms with Crippen LogP contribution >= 0.6 is 0 Å². The van der Waals surface area contributed by atoms with E-state index in [2.05, 4.69) is 10.6 Å². The van der Waals surface area contributed by atoms with Crippen LogP contribution in [0.1, 0.15) is 24.2 Å². The summed E-state index contributed by atoms with van der Waals surface area (Å²) in [7, 11) is 0. The van der Waals surface area contributed by atoms with Gasteiger partial charge < -0.3 is 20.1 Å². The summed E-state index contributed by atoms with van der Waals surface area (Å²) in [5.41, 5.74) is 1.18. The van der Waals surface area contributed by atoms with E-state index in [9.17, 15) is 9.59 Å². The highest BCUT2D eigenvalue weighted by molar-refractivity contribution is 6.04. The molecular weight excluding hydrogens is 320 g/mol. The van der Waals surface area contributed by atoms with Gasteiger partial charge in [-0.05, 0) is 62.4 Å². The van der Waals surface area contributed by atoms with E-state index in [1.54, 1.807) is 48.5 Å². The molecule has 0 saturated heterocycles. The van der Waals surface area contributed by atoms with Crippen molar-refractivity contribution >= 4 is 17.5 Å². The van der Waals surface area contributed by atoms with E-state index in [1.165, 1.54) is 0 Å². The average molecular weight is 342 g/mol. The molecule has 0 radical (unpaired) electrons. The van der Waals surface area contributed by atoms with E-state index in [0.717, 1.165) is 5.75 Å². The molecule has 0 aliphatic rings. The zero-order chi connectivity index (χ0) is 18.1. The Bertz CT molecular complexity index is 696. The molecule has 25 heavy (non-hydrogen) atoms. The largest absolute Gasteiger partial charge is 0.494 e. The maximum Gasteiger partial charge on any atom is 0.257 e. The predicted molar refractivity (Wildman–Crippen MR) is 96.2 cm³/mol. The highest BCUT2D eigenvalue weighted by Crippen LogP contribution is 2.17. The Morgan fingerprint density at radius 3 is 2.08 bits per heavy atom. The number of carbonyl (C=O) groups excluding carboxylic acids is 2. The van der Waals surface area contributed by atoms with E-state index in [4.69, 9.17) is 9.47 Å². The maximum atomic E-state index is 12.2. The normalized spacial score (nSPS) is 10.0. The Kier molecular flexibility index (Phi) is 6.83. The van der Waals surface area contributed by atoms with Crippen molar-refractivity contribution in [1.82, 2.24) is 5.32 Å². The van der Waals surface area contributed by atoms with Gasteiger partial charge in [-0.1, -0.05) is 0 Å². The average Bonchev–Trinajstić information content (AvgIpc) is 2.62. The van der Waals surface area contributed by atoms with E-state index in [-0.39, 0.29) is 18.4 Å². The second-order valence-corrected chi connectivity index (χ2v) is 5.18. The number of nitrogens with one attached hydrogen (secondary N) is 2. The standard InChI is InChI=1S/C19H22N2O4/c1-3-20-18(22)13-25-17-11-7-15(8-12-17)21-19(23)14-5-9-16(10-6-14)24-4-2/h5-12H,3-4,13H2,1-2H3,(H,20,22)(H,21,23). The second-order valence-electron chi connectivity index (χ2n) is 5.18. The summed E-state index contributed by atoms with van der Waals surface area (Å²) in [4.78, 5) is 23.6. The first-order valence-corrected chi connectivity index (χ1v) is 8.16. The van der Waals surface area contributed by atoms with Gasteiger partial charge in [-0.25, -0.2) is 0 Å². The van der Waals surface area contributed by atoms with Gasteiger partial charge in [0, 0.05) is 17.8 Å². The minimum atomic E-state index is -0.209. The number of rotatable bonds is 8. The SMILES string of the molecule is CCNC(=O)COc1ccc(NC(=O)c2ccc(OCC)cc2)cc1. The number of benzene rings is 2. The summed E-state index contributed by atoms with van der Waals surface area (Å²) in [6, 6.07) is 13.8. The van der Waals surface area contributed by atoms with Gasteiger partial charge in [0.1, 0.15) is 11.5 Å². The molecule has 2 rings (SSSR count). The lowest BCUT2D eigenvalue weighted by atomic mass is 10.2. The molecule has 132 valence electrons. The molecule has 0 bridgehead atoms. The van der Waals surface area contributed by atoms with Crippen LogP contribution in [-0.4, -0.2) is 31.6 Å². The highest BCUT2D eigenvalue weighted by Gasteiger charge is 2.07. The van der Waals surface area contributed by atoms with Crippen molar-refractivity contribution in [2.75, 3.05) is 25.1 Å². The number of ether oxygens (including phenoxy) is 2. The molecule has 0 fully saturated rings. The van der Waals surface area contributed by atoms with Crippen LogP contribution in [0.25, 0.3) is 0 Å². The molecule has 2 aromatic carbocycles. The molecule has 0 aliphatic carbocycles. The first-order chi connectivity index (χ1) is 12.1. The van der Waals surface area contributed by atoms with Gasteiger partial charge in [0.15, 0.2) is 6.61 Å². The Hall–Kier alpha value is -3.02. The van der Waals surface area contributed by atoms with Gasteiger partial charge >= 0.3 is 0 Å². The molecule has 0 aromatic heterocycles. The number of hydrogen-bond donors (Lipinski definition) is 2. The third-order valence-corrected chi connectivity index (χ3v) is 3.28. The molecule has 0 saturated carbocycles. The van der Waals surface area contributed by atoms with E-state index in [1.807, 2.05) is 13.8 Å². The minimum absolute atomic E-state index is 0.0360. The van der Waals surface area contributed by atoms with Gasteiger partial charge in [-0.3, -0.25) is 9.59 Å². The molecule has 6 heteroatoms. The van der Waals surface area contributed by atoms with Gasteiger partial charge in [-0.15, -0.1) is 0 Å². The van der Waals surface area contributed by atoms with Gasteiger partial charge in [0.2, 0.25) is 0 Å². The van der Waals surface area contributed by atoms with Crippen LogP contribution in [-0.2, 0) is 4.79 Å². The number of carbonyl (C=O) groups is 2. The Balaban J connectivity index is 1.89. The second kappa shape index (κ2) is 9.32. The third-order valence-electron chi connectivity index (χ3n) is 3.28. The summed E-state index contributed by atoms with van der Waals surface area (Å²) in [6.45, 7) is 4.87. The Morgan fingerprint density at radius 2 is 1.48 bits per heavy atom. The first-order valence-electron chi connectivity index (χ1n) is 8.16. The van der Waals surface area contributed by atoms with E-state index in [0.29, 0.717) is 30.2 Å². The van der Waals surface area contributed by atoms with Crippen molar-refractivity contribution < 1.29 is 19.1 Å². The van der Waals surface area contributed by atoms with E-state index < -0.39 is 0 Å². The number of amides is 2. The summed E-state index contributed by atoms with van der Waals surface area (Å²) in [6.07, 6.45) is 0. The molecule has 2 N–H and O–H groups in total. The van der Waals surface area contributed by atoms with E-state index >= 15 is 0 Å². The molecule has 0 spiro atoms. The topological polar surface area (TPSA) is 76.7 Å². The minimum Gasteiger partial charge on any atom is -0.494 e. The molecule has 2 amide bonds. The molecule has 6 nitrogen and oxygen atoms in total. The van der Waals surface area contributed by atoms with Crippen LogP contribution in [0.2, 0.25) is 0 Å². The van der Waals surface area contributed by atoms with Crippen LogP contribution in [0.15, 0.2) is 48.5 Å². The highest BCUT2D eigenvalue weighted by atomic mass is 16.5. The molecule has 0 unspecified atom stereocenters. The third kappa shape index (κ3) is 5.84. The Labute approximate surface area is 147 Å². The smallest absolute Gasteiger partial charge is 0.257 e. The van der Waals surface area contributed by atoms with Crippen LogP contribution in [0.3, 0.4) is 0 Å². The zero-order valence-corrected chi connectivity index (χ0v) is 14.4. The number of anilines is 1. The fourth-order valence-corrected chi connectivity index (χ4v) is 2.10. The fraction of sp³-hybridized carbons (Fsp3) is 0.263.